The van der Waals surface area contributed by atoms with Crippen LogP contribution >= 0.6 is 28.6 Å². The van der Waals surface area contributed by atoms with Gasteiger partial charge in [0.15, 0.2) is 0 Å². The van der Waals surface area contributed by atoms with Crippen molar-refractivity contribution in [3.05, 3.63) is 27.7 Å². The monoisotopic (exact) mass is 227 g/mol. The van der Waals surface area contributed by atoms with Crippen molar-refractivity contribution >= 4 is 28.6 Å². The summed E-state index contributed by atoms with van der Waals surface area (Å²) in [6, 6.07) is 5.60. The summed E-state index contributed by atoms with van der Waals surface area (Å²) in [6.45, 7) is 1.95. The summed E-state index contributed by atoms with van der Waals surface area (Å²) in [5, 5.41) is 8.57. The van der Waals surface area contributed by atoms with Gasteiger partial charge in [-0.1, -0.05) is 15.9 Å². The molecule has 1 nitrogen and oxygen atoms in total. The fraction of sp³-hybridized carbons (Fsp3) is 0.125. The van der Waals surface area contributed by atoms with Gasteiger partial charge in [0.25, 0.3) is 0 Å². The van der Waals surface area contributed by atoms with Gasteiger partial charge >= 0.3 is 0 Å². The lowest BCUT2D eigenvalue weighted by atomic mass is 10.2. The highest BCUT2D eigenvalue weighted by Crippen LogP contribution is 2.24. The second-order valence-corrected chi connectivity index (χ2v) is 3.55. The van der Waals surface area contributed by atoms with E-state index in [-0.39, 0.29) is 0 Å². The second kappa shape index (κ2) is 3.29. The molecule has 56 valence electrons. The van der Waals surface area contributed by atoms with Crippen LogP contribution in [0.15, 0.2) is 21.5 Å². The molecule has 0 unspecified atom stereocenters. The first kappa shape index (κ1) is 8.63. The Bertz CT molecular complexity index is 304. The lowest BCUT2D eigenvalue weighted by Gasteiger charge is -2.01. The zero-order valence-electron chi connectivity index (χ0n) is 5.93. The van der Waals surface area contributed by atoms with Crippen LogP contribution in [-0.2, 0) is 0 Å². The molecule has 0 amide bonds. The summed E-state index contributed by atoms with van der Waals surface area (Å²) >= 11 is 7.55. The van der Waals surface area contributed by atoms with Crippen molar-refractivity contribution in [1.29, 1.82) is 5.26 Å². The van der Waals surface area contributed by atoms with Crippen molar-refractivity contribution in [1.82, 2.24) is 0 Å². The molecule has 11 heavy (non-hydrogen) atoms. The van der Waals surface area contributed by atoms with E-state index < -0.39 is 0 Å². The van der Waals surface area contributed by atoms with E-state index in [4.69, 9.17) is 5.26 Å². The van der Waals surface area contributed by atoms with E-state index in [9.17, 15) is 0 Å². The van der Waals surface area contributed by atoms with Crippen molar-refractivity contribution in [2.45, 2.75) is 11.8 Å². The molecule has 0 bridgehead atoms. The average Bonchev–Trinajstić information content (AvgIpc) is 1.99. The fourth-order valence-electron chi connectivity index (χ4n) is 0.729. The number of nitriles is 1. The van der Waals surface area contributed by atoms with Crippen LogP contribution < -0.4 is 0 Å². The number of thiol groups is 1. The summed E-state index contributed by atoms with van der Waals surface area (Å²) in [5.74, 6) is 0. The normalized spacial score (nSPS) is 9.27. The Morgan fingerprint density at radius 3 is 2.64 bits per heavy atom. The van der Waals surface area contributed by atoms with E-state index >= 15 is 0 Å². The van der Waals surface area contributed by atoms with Crippen LogP contribution in [0.4, 0.5) is 0 Å². The van der Waals surface area contributed by atoms with E-state index in [2.05, 4.69) is 34.6 Å². The molecule has 0 radical (unpaired) electrons. The summed E-state index contributed by atoms with van der Waals surface area (Å²) in [7, 11) is 0. The molecule has 0 atom stereocenters. The molecule has 1 aromatic carbocycles. The highest BCUT2D eigenvalue weighted by Gasteiger charge is 2.00. The molecule has 1 aromatic rings. The number of nitrogens with zero attached hydrogens (tertiary/aromatic N) is 1. The maximum atomic E-state index is 8.57. The summed E-state index contributed by atoms with van der Waals surface area (Å²) in [5.41, 5.74) is 1.69. The van der Waals surface area contributed by atoms with Crippen molar-refractivity contribution in [3.8, 4) is 6.07 Å². The molecule has 0 saturated carbocycles. The van der Waals surface area contributed by atoms with Crippen molar-refractivity contribution in [2.24, 2.45) is 0 Å². The van der Waals surface area contributed by atoms with Gasteiger partial charge in [-0.2, -0.15) is 5.26 Å². The maximum Gasteiger partial charge on any atom is 0.0992 e. The molecule has 0 spiro atoms. The van der Waals surface area contributed by atoms with E-state index in [0.717, 1.165) is 14.9 Å². The SMILES string of the molecule is Cc1c(S)cc(C#N)cc1Br. The average molecular weight is 228 g/mol. The first-order valence-electron chi connectivity index (χ1n) is 3.04. The Hall–Kier alpha value is -0.460. The quantitative estimate of drug-likeness (QED) is 0.678. The molecule has 0 N–H and O–H groups in total. The van der Waals surface area contributed by atoms with Crippen LogP contribution in [0.2, 0.25) is 0 Å². The Balaban J connectivity index is 3.35. The van der Waals surface area contributed by atoms with Gasteiger partial charge in [-0.15, -0.1) is 12.6 Å². The minimum Gasteiger partial charge on any atom is -0.192 e. The Morgan fingerprint density at radius 2 is 2.18 bits per heavy atom. The lowest BCUT2D eigenvalue weighted by molar-refractivity contribution is 1.27. The number of hydrogen-bond acceptors (Lipinski definition) is 2. The number of rotatable bonds is 0. The third-order valence-electron chi connectivity index (χ3n) is 1.45. The minimum atomic E-state index is 0.632. The Kier molecular flexibility index (Phi) is 2.58. The van der Waals surface area contributed by atoms with Gasteiger partial charge in [0.05, 0.1) is 11.6 Å². The minimum absolute atomic E-state index is 0.632. The van der Waals surface area contributed by atoms with Crippen LogP contribution in [0, 0.1) is 18.3 Å². The molecule has 0 saturated heterocycles. The first-order chi connectivity index (χ1) is 5.15. The molecule has 0 aliphatic carbocycles. The van der Waals surface area contributed by atoms with E-state index in [0.29, 0.717) is 5.56 Å². The Labute approximate surface area is 79.6 Å². The largest absolute Gasteiger partial charge is 0.192 e. The highest BCUT2D eigenvalue weighted by molar-refractivity contribution is 9.10. The van der Waals surface area contributed by atoms with Crippen molar-refractivity contribution < 1.29 is 0 Å². The number of halogens is 1. The zero-order valence-corrected chi connectivity index (χ0v) is 8.41. The van der Waals surface area contributed by atoms with Gasteiger partial charge in [0.1, 0.15) is 0 Å². The molecule has 0 aliphatic rings. The van der Waals surface area contributed by atoms with Gasteiger partial charge in [0, 0.05) is 9.37 Å². The van der Waals surface area contributed by atoms with Crippen molar-refractivity contribution in [3.63, 3.8) is 0 Å². The Morgan fingerprint density at radius 1 is 1.55 bits per heavy atom. The predicted octanol–water partition coefficient (Wildman–Crippen LogP) is 2.92. The van der Waals surface area contributed by atoms with Gasteiger partial charge in [-0.3, -0.25) is 0 Å². The van der Waals surface area contributed by atoms with Crippen LogP contribution in [0.3, 0.4) is 0 Å². The van der Waals surface area contributed by atoms with Gasteiger partial charge in [-0.05, 0) is 24.6 Å². The van der Waals surface area contributed by atoms with E-state index in [1.165, 1.54) is 0 Å². The molecule has 0 aromatic heterocycles. The van der Waals surface area contributed by atoms with Gasteiger partial charge < -0.3 is 0 Å². The highest BCUT2D eigenvalue weighted by atomic mass is 79.9. The summed E-state index contributed by atoms with van der Waals surface area (Å²) in [6.07, 6.45) is 0. The molecule has 0 heterocycles. The molecular formula is C8H6BrNS. The van der Waals surface area contributed by atoms with Crippen molar-refractivity contribution in [2.75, 3.05) is 0 Å². The number of benzene rings is 1. The van der Waals surface area contributed by atoms with Crippen LogP contribution in [0.25, 0.3) is 0 Å². The molecule has 1 rings (SSSR count). The smallest absolute Gasteiger partial charge is 0.0992 e. The molecule has 0 aliphatic heterocycles. The molecule has 3 heteroatoms. The first-order valence-corrected chi connectivity index (χ1v) is 4.28. The van der Waals surface area contributed by atoms with Crippen LogP contribution in [-0.4, -0.2) is 0 Å². The zero-order chi connectivity index (χ0) is 8.43. The van der Waals surface area contributed by atoms with Gasteiger partial charge in [-0.25, -0.2) is 0 Å². The number of hydrogen-bond donors (Lipinski definition) is 1. The third-order valence-corrected chi connectivity index (χ3v) is 2.73. The molecule has 0 fully saturated rings. The topological polar surface area (TPSA) is 23.8 Å². The van der Waals surface area contributed by atoms with Gasteiger partial charge in [0.2, 0.25) is 0 Å². The van der Waals surface area contributed by atoms with Crippen LogP contribution in [0.5, 0.6) is 0 Å². The summed E-state index contributed by atoms with van der Waals surface area (Å²) in [4.78, 5) is 0.843. The fourth-order valence-corrected chi connectivity index (χ4v) is 1.60. The third kappa shape index (κ3) is 1.76. The van der Waals surface area contributed by atoms with E-state index in [1.807, 2.05) is 6.92 Å². The second-order valence-electron chi connectivity index (χ2n) is 2.21. The molecular weight excluding hydrogens is 222 g/mol. The van der Waals surface area contributed by atoms with Crippen LogP contribution in [0.1, 0.15) is 11.1 Å². The lowest BCUT2D eigenvalue weighted by Crippen LogP contribution is -1.81. The summed E-state index contributed by atoms with van der Waals surface area (Å²) < 4.78 is 0.932. The predicted molar refractivity (Wildman–Crippen MR) is 50.8 cm³/mol. The standard InChI is InChI=1S/C8H6BrNS/c1-5-7(9)2-6(4-10)3-8(5)11/h2-3,11H,1H3. The van der Waals surface area contributed by atoms with E-state index in [1.54, 1.807) is 12.1 Å². The maximum absolute atomic E-state index is 8.57.